The Morgan fingerprint density at radius 1 is 1.20 bits per heavy atom. The molecule has 1 aromatic carbocycles. The zero-order valence-electron chi connectivity index (χ0n) is 17.5. The number of carbonyl (C=O) groups is 2. The van der Waals surface area contributed by atoms with E-state index in [1.165, 1.54) is 19.3 Å². The Labute approximate surface area is 176 Å². The van der Waals surface area contributed by atoms with Gasteiger partial charge in [-0.3, -0.25) is 14.2 Å². The molecule has 2 fully saturated rings. The van der Waals surface area contributed by atoms with E-state index in [9.17, 15) is 14.9 Å². The number of nitrogens with zero attached hydrogens (tertiary/aromatic N) is 2. The smallest absolute Gasteiger partial charge is 0.306 e. The summed E-state index contributed by atoms with van der Waals surface area (Å²) < 4.78 is 7.11. The van der Waals surface area contributed by atoms with Crippen molar-refractivity contribution in [3.8, 4) is 11.8 Å². The number of para-hydroxylation sites is 1. The third kappa shape index (κ3) is 3.85. The summed E-state index contributed by atoms with van der Waals surface area (Å²) in [5, 5.41) is 12.4. The van der Waals surface area contributed by atoms with Gasteiger partial charge in [0.25, 0.3) is 5.91 Å². The number of benzene rings is 1. The SMILES string of the molecule is Cc1c(C#N)c(NC(=O)COC(=O)C[C@@H]2C[C@H]3CC[C@H]2C3)n(-c2ccccc2)c1C. The molecule has 30 heavy (non-hydrogen) atoms. The highest BCUT2D eigenvalue weighted by Crippen LogP contribution is 2.49. The largest absolute Gasteiger partial charge is 0.456 e. The van der Waals surface area contributed by atoms with Gasteiger partial charge < -0.3 is 10.1 Å². The summed E-state index contributed by atoms with van der Waals surface area (Å²) in [7, 11) is 0. The number of nitriles is 1. The van der Waals surface area contributed by atoms with Gasteiger partial charge in [0.15, 0.2) is 6.61 Å². The molecule has 1 heterocycles. The van der Waals surface area contributed by atoms with Crippen LogP contribution < -0.4 is 5.32 Å². The molecule has 0 radical (unpaired) electrons. The molecule has 156 valence electrons. The van der Waals surface area contributed by atoms with Crippen LogP contribution in [0.1, 0.15) is 48.9 Å². The first-order valence-electron chi connectivity index (χ1n) is 10.6. The van der Waals surface area contributed by atoms with Crippen molar-refractivity contribution in [2.24, 2.45) is 17.8 Å². The molecule has 0 unspecified atom stereocenters. The maximum atomic E-state index is 12.5. The number of hydrogen-bond donors (Lipinski definition) is 1. The van der Waals surface area contributed by atoms with Crippen LogP contribution in [0.5, 0.6) is 0 Å². The fourth-order valence-electron chi connectivity index (χ4n) is 5.17. The monoisotopic (exact) mass is 405 g/mol. The maximum absolute atomic E-state index is 12.5. The summed E-state index contributed by atoms with van der Waals surface area (Å²) in [6.07, 6.45) is 5.26. The van der Waals surface area contributed by atoms with Crippen LogP contribution >= 0.6 is 0 Å². The molecule has 2 aliphatic carbocycles. The van der Waals surface area contributed by atoms with Gasteiger partial charge in [0.2, 0.25) is 0 Å². The lowest BCUT2D eigenvalue weighted by Gasteiger charge is -2.20. The minimum atomic E-state index is -0.442. The number of esters is 1. The number of rotatable bonds is 6. The summed E-state index contributed by atoms with van der Waals surface area (Å²) in [5.41, 5.74) is 2.95. The van der Waals surface area contributed by atoms with Crippen LogP contribution in [0, 0.1) is 42.9 Å². The van der Waals surface area contributed by atoms with Crippen LogP contribution in [0.3, 0.4) is 0 Å². The quantitative estimate of drug-likeness (QED) is 0.727. The van der Waals surface area contributed by atoms with Crippen molar-refractivity contribution in [3.05, 3.63) is 47.2 Å². The third-order valence-electron chi connectivity index (χ3n) is 6.78. The summed E-state index contributed by atoms with van der Waals surface area (Å²) in [6, 6.07) is 11.7. The van der Waals surface area contributed by atoms with Crippen LogP contribution in [-0.2, 0) is 14.3 Å². The first-order chi connectivity index (χ1) is 14.5. The Kier molecular flexibility index (Phi) is 5.63. The highest BCUT2D eigenvalue weighted by molar-refractivity contribution is 5.94. The van der Waals surface area contributed by atoms with Crippen LogP contribution in [0.4, 0.5) is 5.82 Å². The van der Waals surface area contributed by atoms with Crippen molar-refractivity contribution in [2.45, 2.75) is 46.0 Å². The molecule has 2 bridgehead atoms. The molecule has 1 aromatic heterocycles. The molecule has 2 aliphatic rings. The Bertz CT molecular complexity index is 1000. The van der Waals surface area contributed by atoms with Gasteiger partial charge in [-0.2, -0.15) is 5.26 Å². The Hall–Kier alpha value is -3.07. The Balaban J connectivity index is 1.42. The average Bonchev–Trinajstić information content (AvgIpc) is 3.42. The minimum absolute atomic E-state index is 0.311. The number of fused-ring (bicyclic) bond motifs is 2. The molecule has 6 nitrogen and oxygen atoms in total. The van der Waals surface area contributed by atoms with Crippen LogP contribution in [0.25, 0.3) is 5.69 Å². The number of carbonyl (C=O) groups excluding carboxylic acids is 2. The molecule has 0 aliphatic heterocycles. The lowest BCUT2D eigenvalue weighted by molar-refractivity contribution is -0.148. The summed E-state index contributed by atoms with van der Waals surface area (Å²) >= 11 is 0. The number of ether oxygens (including phenoxy) is 1. The molecule has 6 heteroatoms. The van der Waals surface area contributed by atoms with Crippen molar-refractivity contribution < 1.29 is 14.3 Å². The van der Waals surface area contributed by atoms with Crippen LogP contribution in [-0.4, -0.2) is 23.1 Å². The molecule has 1 amide bonds. The van der Waals surface area contributed by atoms with Gasteiger partial charge in [-0.05, 0) is 68.6 Å². The second kappa shape index (κ2) is 8.35. The highest BCUT2D eigenvalue weighted by atomic mass is 16.5. The van der Waals surface area contributed by atoms with E-state index >= 15 is 0 Å². The van der Waals surface area contributed by atoms with E-state index in [1.807, 2.05) is 48.7 Å². The third-order valence-corrected chi connectivity index (χ3v) is 6.78. The first kappa shape index (κ1) is 20.2. The maximum Gasteiger partial charge on any atom is 0.306 e. The standard InChI is InChI=1S/C24H27N3O3/c1-15-16(2)27(20-6-4-3-5-7-20)24(21(15)13-25)26-22(28)14-30-23(29)12-19-11-17-8-9-18(19)10-17/h3-7,17-19H,8-12,14H2,1-2H3,(H,26,28)/t17-,18-,19-/m0/s1. The van der Waals surface area contributed by atoms with Gasteiger partial charge >= 0.3 is 5.97 Å². The van der Waals surface area contributed by atoms with E-state index in [1.54, 1.807) is 0 Å². The lowest BCUT2D eigenvalue weighted by Crippen LogP contribution is -2.24. The van der Waals surface area contributed by atoms with Crippen LogP contribution in [0.15, 0.2) is 30.3 Å². The Morgan fingerprint density at radius 3 is 2.60 bits per heavy atom. The first-order valence-corrected chi connectivity index (χ1v) is 10.6. The van der Waals surface area contributed by atoms with Gasteiger partial charge in [0.05, 0.1) is 5.56 Å². The molecule has 2 saturated carbocycles. The normalized spacial score (nSPS) is 22.0. The van der Waals surface area contributed by atoms with E-state index in [0.717, 1.165) is 29.3 Å². The van der Waals surface area contributed by atoms with Gasteiger partial charge in [0.1, 0.15) is 11.9 Å². The second-order valence-electron chi connectivity index (χ2n) is 8.56. The van der Waals surface area contributed by atoms with E-state index in [-0.39, 0.29) is 12.6 Å². The second-order valence-corrected chi connectivity index (χ2v) is 8.56. The summed E-state index contributed by atoms with van der Waals surface area (Å²) in [5.74, 6) is 1.49. The molecular formula is C24H27N3O3. The van der Waals surface area contributed by atoms with Crippen molar-refractivity contribution in [3.63, 3.8) is 0 Å². The topological polar surface area (TPSA) is 84.1 Å². The van der Waals surface area contributed by atoms with E-state index in [2.05, 4.69) is 11.4 Å². The predicted octanol–water partition coefficient (Wildman–Crippen LogP) is 4.27. The molecule has 0 spiro atoms. The zero-order valence-corrected chi connectivity index (χ0v) is 17.5. The van der Waals surface area contributed by atoms with Crippen LogP contribution in [0.2, 0.25) is 0 Å². The minimum Gasteiger partial charge on any atom is -0.456 e. The average molecular weight is 405 g/mol. The van der Waals surface area contributed by atoms with Gasteiger partial charge in [-0.25, -0.2) is 0 Å². The van der Waals surface area contributed by atoms with Crippen molar-refractivity contribution >= 4 is 17.7 Å². The van der Waals surface area contributed by atoms with Crippen molar-refractivity contribution in [2.75, 3.05) is 11.9 Å². The zero-order chi connectivity index (χ0) is 21.3. The van der Waals surface area contributed by atoms with Crippen molar-refractivity contribution in [1.82, 2.24) is 4.57 Å². The van der Waals surface area contributed by atoms with E-state index < -0.39 is 5.91 Å². The Morgan fingerprint density at radius 2 is 1.97 bits per heavy atom. The fourth-order valence-corrected chi connectivity index (χ4v) is 5.17. The van der Waals surface area contributed by atoms with E-state index in [4.69, 9.17) is 4.74 Å². The molecule has 2 aromatic rings. The molecule has 3 atom stereocenters. The fraction of sp³-hybridized carbons (Fsp3) is 0.458. The highest BCUT2D eigenvalue weighted by Gasteiger charge is 2.40. The molecule has 0 saturated heterocycles. The molecule has 4 rings (SSSR count). The molecular weight excluding hydrogens is 378 g/mol. The van der Waals surface area contributed by atoms with Gasteiger partial charge in [-0.15, -0.1) is 0 Å². The van der Waals surface area contributed by atoms with E-state index in [0.29, 0.717) is 29.6 Å². The predicted molar refractivity (Wildman–Crippen MR) is 113 cm³/mol. The summed E-state index contributed by atoms with van der Waals surface area (Å²) in [4.78, 5) is 24.8. The number of hydrogen-bond acceptors (Lipinski definition) is 4. The number of anilines is 1. The van der Waals surface area contributed by atoms with Crippen molar-refractivity contribution in [1.29, 1.82) is 5.26 Å². The lowest BCUT2D eigenvalue weighted by atomic mass is 9.86. The number of amides is 1. The van der Waals surface area contributed by atoms with Gasteiger partial charge in [-0.1, -0.05) is 24.6 Å². The molecule has 1 N–H and O–H groups in total. The number of nitrogens with one attached hydrogen (secondary N) is 1. The van der Waals surface area contributed by atoms with Gasteiger partial charge in [0, 0.05) is 17.8 Å². The number of aromatic nitrogens is 1. The summed E-state index contributed by atoms with van der Waals surface area (Å²) in [6.45, 7) is 3.43.